The van der Waals surface area contributed by atoms with Gasteiger partial charge in [0.1, 0.15) is 0 Å². The van der Waals surface area contributed by atoms with E-state index in [1.807, 2.05) is 0 Å². The lowest BCUT2D eigenvalue weighted by Gasteiger charge is -2.23. The molecule has 2 N–H and O–H groups in total. The number of rotatable bonds is 7. The molecule has 0 rings (SSSR count). The molecule has 0 aromatic rings. The topological polar surface area (TPSA) is 32.3 Å². The highest BCUT2D eigenvalue weighted by Gasteiger charge is 2.15. The molecule has 0 amide bonds. The predicted octanol–water partition coefficient (Wildman–Crippen LogP) is 2.03. The van der Waals surface area contributed by atoms with Crippen LogP contribution in [0.5, 0.6) is 0 Å². The Bertz CT molecular complexity index is 123. The fraction of sp³-hybridized carbons (Fsp3) is 1.00. The summed E-state index contributed by atoms with van der Waals surface area (Å²) in [6, 6.07) is 0. The molecular weight excluding hydrogens is 162 g/mol. The summed E-state index contributed by atoms with van der Waals surface area (Å²) < 4.78 is 0. The second-order valence-corrected chi connectivity index (χ2v) is 4.85. The van der Waals surface area contributed by atoms with Crippen molar-refractivity contribution in [3.63, 3.8) is 0 Å². The van der Waals surface area contributed by atoms with Gasteiger partial charge in [0.25, 0.3) is 0 Å². The van der Waals surface area contributed by atoms with Crippen LogP contribution in [-0.4, -0.2) is 24.8 Å². The van der Waals surface area contributed by atoms with Crippen LogP contribution in [0, 0.1) is 11.3 Å². The highest BCUT2D eigenvalue weighted by Crippen LogP contribution is 2.11. The van der Waals surface area contributed by atoms with Crippen LogP contribution >= 0.6 is 0 Å². The van der Waals surface area contributed by atoms with Gasteiger partial charge in [-0.25, -0.2) is 0 Å². The maximum atomic E-state index is 9.02. The molecule has 0 saturated heterocycles. The normalized spacial score (nSPS) is 14.5. The third-order valence-corrected chi connectivity index (χ3v) is 2.31. The highest BCUT2D eigenvalue weighted by molar-refractivity contribution is 4.70. The first kappa shape index (κ1) is 12.9. The van der Waals surface area contributed by atoms with E-state index in [-0.39, 0.29) is 12.0 Å². The summed E-state index contributed by atoms with van der Waals surface area (Å²) in [5.74, 6) is 0.750. The molecule has 0 radical (unpaired) electrons. The SMILES string of the molecule is CCCC(C)CNCC(C)(C)CO. The molecule has 1 atom stereocenters. The van der Waals surface area contributed by atoms with Crippen molar-refractivity contribution in [2.75, 3.05) is 19.7 Å². The summed E-state index contributed by atoms with van der Waals surface area (Å²) >= 11 is 0. The maximum absolute atomic E-state index is 9.02. The Kier molecular flexibility index (Phi) is 6.35. The average Bonchev–Trinajstić information content (AvgIpc) is 2.05. The van der Waals surface area contributed by atoms with Crippen LogP contribution < -0.4 is 5.32 Å². The maximum Gasteiger partial charge on any atom is 0.0494 e. The molecule has 0 bridgehead atoms. The molecular formula is C11H25NO. The molecule has 2 nitrogen and oxygen atoms in total. The van der Waals surface area contributed by atoms with Gasteiger partial charge in [0.15, 0.2) is 0 Å². The van der Waals surface area contributed by atoms with Crippen molar-refractivity contribution in [2.24, 2.45) is 11.3 Å². The van der Waals surface area contributed by atoms with Crippen molar-refractivity contribution in [2.45, 2.75) is 40.5 Å². The molecule has 2 heteroatoms. The van der Waals surface area contributed by atoms with Gasteiger partial charge in [0.2, 0.25) is 0 Å². The van der Waals surface area contributed by atoms with Gasteiger partial charge in [-0.1, -0.05) is 34.1 Å². The molecule has 0 heterocycles. The first-order valence-electron chi connectivity index (χ1n) is 5.33. The van der Waals surface area contributed by atoms with Gasteiger partial charge in [-0.3, -0.25) is 0 Å². The van der Waals surface area contributed by atoms with Crippen LogP contribution in [-0.2, 0) is 0 Å². The third-order valence-electron chi connectivity index (χ3n) is 2.31. The second-order valence-electron chi connectivity index (χ2n) is 4.85. The summed E-state index contributed by atoms with van der Waals surface area (Å²) in [6.45, 7) is 10.8. The fourth-order valence-corrected chi connectivity index (χ4v) is 1.31. The van der Waals surface area contributed by atoms with E-state index in [2.05, 4.69) is 33.0 Å². The molecule has 0 aliphatic heterocycles. The monoisotopic (exact) mass is 187 g/mol. The van der Waals surface area contributed by atoms with Gasteiger partial charge in [-0.15, -0.1) is 0 Å². The lowest BCUT2D eigenvalue weighted by atomic mass is 9.94. The summed E-state index contributed by atoms with van der Waals surface area (Å²) in [5.41, 5.74) is 0.0198. The Morgan fingerprint density at radius 3 is 2.46 bits per heavy atom. The van der Waals surface area contributed by atoms with E-state index in [9.17, 15) is 0 Å². The van der Waals surface area contributed by atoms with Gasteiger partial charge in [0.05, 0.1) is 0 Å². The molecule has 0 saturated carbocycles. The van der Waals surface area contributed by atoms with Crippen LogP contribution in [0.1, 0.15) is 40.5 Å². The molecule has 80 valence electrons. The van der Waals surface area contributed by atoms with Crippen LogP contribution in [0.25, 0.3) is 0 Å². The molecule has 0 aliphatic rings. The third kappa shape index (κ3) is 7.03. The molecule has 0 fully saturated rings. The zero-order chi connectivity index (χ0) is 10.3. The van der Waals surface area contributed by atoms with Gasteiger partial charge >= 0.3 is 0 Å². The van der Waals surface area contributed by atoms with E-state index < -0.39 is 0 Å². The molecule has 13 heavy (non-hydrogen) atoms. The van der Waals surface area contributed by atoms with Crippen LogP contribution in [0.15, 0.2) is 0 Å². The zero-order valence-corrected chi connectivity index (χ0v) is 9.56. The number of aliphatic hydroxyl groups excluding tert-OH is 1. The minimum absolute atomic E-state index is 0.0198. The minimum atomic E-state index is 0.0198. The van der Waals surface area contributed by atoms with Crippen LogP contribution in [0.2, 0.25) is 0 Å². The van der Waals surface area contributed by atoms with Crippen molar-refractivity contribution < 1.29 is 5.11 Å². The van der Waals surface area contributed by atoms with E-state index in [0.29, 0.717) is 0 Å². The molecule has 0 aromatic carbocycles. The Hall–Kier alpha value is -0.0800. The van der Waals surface area contributed by atoms with Gasteiger partial charge in [0, 0.05) is 18.6 Å². The number of hydrogen-bond donors (Lipinski definition) is 2. The van der Waals surface area contributed by atoms with Crippen molar-refractivity contribution in [1.82, 2.24) is 5.32 Å². The zero-order valence-electron chi connectivity index (χ0n) is 9.56. The summed E-state index contributed by atoms with van der Waals surface area (Å²) in [7, 11) is 0. The molecule has 0 aromatic heterocycles. The number of nitrogens with one attached hydrogen (secondary N) is 1. The van der Waals surface area contributed by atoms with Crippen molar-refractivity contribution in [1.29, 1.82) is 0 Å². The van der Waals surface area contributed by atoms with Gasteiger partial charge in [-0.2, -0.15) is 0 Å². The Morgan fingerprint density at radius 1 is 1.38 bits per heavy atom. The van der Waals surface area contributed by atoms with Gasteiger partial charge < -0.3 is 10.4 Å². The smallest absolute Gasteiger partial charge is 0.0494 e. The lowest BCUT2D eigenvalue weighted by Crippen LogP contribution is -2.34. The van der Waals surface area contributed by atoms with Gasteiger partial charge in [-0.05, 0) is 18.9 Å². The predicted molar refractivity (Wildman–Crippen MR) is 57.8 cm³/mol. The van der Waals surface area contributed by atoms with E-state index in [1.165, 1.54) is 12.8 Å². The lowest BCUT2D eigenvalue weighted by molar-refractivity contribution is 0.155. The number of hydrogen-bond acceptors (Lipinski definition) is 2. The first-order chi connectivity index (χ1) is 6.02. The fourth-order valence-electron chi connectivity index (χ4n) is 1.31. The number of aliphatic hydroxyl groups is 1. The van der Waals surface area contributed by atoms with Crippen LogP contribution in [0.4, 0.5) is 0 Å². The largest absolute Gasteiger partial charge is 0.396 e. The average molecular weight is 187 g/mol. The van der Waals surface area contributed by atoms with E-state index in [0.717, 1.165) is 19.0 Å². The van der Waals surface area contributed by atoms with Crippen molar-refractivity contribution in [3.05, 3.63) is 0 Å². The summed E-state index contributed by atoms with van der Waals surface area (Å²) in [4.78, 5) is 0. The standard InChI is InChI=1S/C11H25NO/c1-5-6-10(2)7-12-8-11(3,4)9-13/h10,12-13H,5-9H2,1-4H3. The van der Waals surface area contributed by atoms with E-state index in [4.69, 9.17) is 5.11 Å². The highest BCUT2D eigenvalue weighted by atomic mass is 16.3. The van der Waals surface area contributed by atoms with E-state index in [1.54, 1.807) is 0 Å². The Morgan fingerprint density at radius 2 is 2.00 bits per heavy atom. The quantitative estimate of drug-likeness (QED) is 0.639. The molecule has 0 aliphatic carbocycles. The molecule has 1 unspecified atom stereocenters. The molecule has 0 spiro atoms. The van der Waals surface area contributed by atoms with E-state index >= 15 is 0 Å². The summed E-state index contributed by atoms with van der Waals surface area (Å²) in [6.07, 6.45) is 2.54. The Labute approximate surface area is 82.7 Å². The van der Waals surface area contributed by atoms with Crippen LogP contribution in [0.3, 0.4) is 0 Å². The Balaban J connectivity index is 3.44. The van der Waals surface area contributed by atoms with Crippen molar-refractivity contribution >= 4 is 0 Å². The minimum Gasteiger partial charge on any atom is -0.396 e. The second kappa shape index (κ2) is 6.39. The first-order valence-corrected chi connectivity index (χ1v) is 5.33. The summed E-state index contributed by atoms with van der Waals surface area (Å²) in [5, 5.41) is 12.4. The van der Waals surface area contributed by atoms with Crippen molar-refractivity contribution in [3.8, 4) is 0 Å².